The Labute approximate surface area is 109 Å². The Morgan fingerprint density at radius 1 is 1.31 bits per heavy atom. The fourth-order valence-corrected chi connectivity index (χ4v) is 2.57. The van der Waals surface area contributed by atoms with E-state index in [1.807, 2.05) is 0 Å². The maximum absolute atomic E-state index is 3.51. The van der Waals surface area contributed by atoms with E-state index in [9.17, 15) is 0 Å². The molecule has 0 aliphatic heterocycles. The van der Waals surface area contributed by atoms with Crippen LogP contribution >= 0.6 is 27.3 Å². The molecule has 1 N–H and O–H groups in total. The molecule has 0 amide bonds. The average molecular weight is 296 g/mol. The maximum Gasteiger partial charge on any atom is 0.0578 e. The van der Waals surface area contributed by atoms with Crippen molar-refractivity contribution in [1.82, 2.24) is 0 Å². The van der Waals surface area contributed by atoms with Gasteiger partial charge in [0.05, 0.1) is 6.04 Å². The van der Waals surface area contributed by atoms with Gasteiger partial charge in [0.25, 0.3) is 0 Å². The third kappa shape index (κ3) is 2.66. The number of halogens is 1. The number of rotatable bonds is 3. The summed E-state index contributed by atoms with van der Waals surface area (Å²) in [5, 5.41) is 5.61. The summed E-state index contributed by atoms with van der Waals surface area (Å²) in [4.78, 5) is 1.36. The molecule has 0 fully saturated rings. The summed E-state index contributed by atoms with van der Waals surface area (Å²) in [6.45, 7) is 4.29. The van der Waals surface area contributed by atoms with E-state index >= 15 is 0 Å². The van der Waals surface area contributed by atoms with Gasteiger partial charge in [0.1, 0.15) is 0 Å². The third-order valence-electron chi connectivity index (χ3n) is 2.51. The van der Waals surface area contributed by atoms with Crippen molar-refractivity contribution >= 4 is 33.0 Å². The lowest BCUT2D eigenvalue weighted by Gasteiger charge is -2.14. The zero-order valence-electron chi connectivity index (χ0n) is 9.33. The van der Waals surface area contributed by atoms with Crippen molar-refractivity contribution in [1.29, 1.82) is 0 Å². The smallest absolute Gasteiger partial charge is 0.0578 e. The van der Waals surface area contributed by atoms with Crippen molar-refractivity contribution in [2.75, 3.05) is 5.32 Å². The van der Waals surface area contributed by atoms with Crippen molar-refractivity contribution < 1.29 is 0 Å². The van der Waals surface area contributed by atoms with Gasteiger partial charge in [-0.25, -0.2) is 0 Å². The molecule has 2 rings (SSSR count). The molecule has 0 aliphatic carbocycles. The SMILES string of the molecule is Cc1cc(NC(C)c2cccs2)ccc1Br. The molecule has 84 valence electrons. The Bertz CT molecular complexity index is 465. The summed E-state index contributed by atoms with van der Waals surface area (Å²) in [6, 6.07) is 11.0. The number of hydrogen-bond acceptors (Lipinski definition) is 2. The topological polar surface area (TPSA) is 12.0 Å². The maximum atomic E-state index is 3.51. The number of nitrogens with one attached hydrogen (secondary N) is 1. The summed E-state index contributed by atoms with van der Waals surface area (Å²) >= 11 is 5.29. The molecule has 1 unspecified atom stereocenters. The molecule has 1 nitrogen and oxygen atoms in total. The molecule has 2 aromatic rings. The molecule has 0 aliphatic rings. The number of anilines is 1. The summed E-state index contributed by atoms with van der Waals surface area (Å²) in [5.74, 6) is 0. The Hall–Kier alpha value is -0.800. The van der Waals surface area contributed by atoms with Gasteiger partial charge < -0.3 is 5.32 Å². The standard InChI is InChI=1S/C13H14BrNS/c1-9-8-11(5-6-12(9)14)15-10(2)13-4-3-7-16-13/h3-8,10,15H,1-2H3. The molecule has 0 saturated heterocycles. The normalized spacial score (nSPS) is 12.4. The predicted octanol–water partition coefficient (Wildman–Crippen LogP) is 4.99. The van der Waals surface area contributed by atoms with Gasteiger partial charge in [-0.15, -0.1) is 11.3 Å². The average Bonchev–Trinajstić information content (AvgIpc) is 2.77. The second-order valence-electron chi connectivity index (χ2n) is 3.85. The summed E-state index contributed by atoms with van der Waals surface area (Å²) < 4.78 is 1.15. The number of aryl methyl sites for hydroxylation is 1. The van der Waals surface area contributed by atoms with Crippen molar-refractivity contribution in [3.63, 3.8) is 0 Å². The minimum absolute atomic E-state index is 0.362. The van der Waals surface area contributed by atoms with Gasteiger partial charge in [-0.3, -0.25) is 0 Å². The molecule has 0 saturated carbocycles. The van der Waals surface area contributed by atoms with Crippen molar-refractivity contribution in [2.45, 2.75) is 19.9 Å². The molecular weight excluding hydrogens is 282 g/mol. The number of benzene rings is 1. The van der Waals surface area contributed by atoms with Gasteiger partial charge in [0.2, 0.25) is 0 Å². The largest absolute Gasteiger partial charge is 0.378 e. The first-order valence-electron chi connectivity index (χ1n) is 5.23. The summed E-state index contributed by atoms with van der Waals surface area (Å²) in [7, 11) is 0. The van der Waals surface area contributed by atoms with E-state index in [1.54, 1.807) is 11.3 Å². The first kappa shape index (κ1) is 11.7. The van der Waals surface area contributed by atoms with Crippen LogP contribution in [0.3, 0.4) is 0 Å². The highest BCUT2D eigenvalue weighted by atomic mass is 79.9. The minimum Gasteiger partial charge on any atom is -0.378 e. The number of hydrogen-bond donors (Lipinski definition) is 1. The van der Waals surface area contributed by atoms with Crippen LogP contribution < -0.4 is 5.32 Å². The summed E-state index contributed by atoms with van der Waals surface area (Å²) in [5.41, 5.74) is 2.42. The van der Waals surface area contributed by atoms with E-state index in [0.29, 0.717) is 6.04 Å². The quantitative estimate of drug-likeness (QED) is 0.841. The highest BCUT2D eigenvalue weighted by Crippen LogP contribution is 2.25. The van der Waals surface area contributed by atoms with Crippen LogP contribution in [0.1, 0.15) is 23.4 Å². The Morgan fingerprint density at radius 3 is 2.75 bits per heavy atom. The molecule has 0 radical (unpaired) electrons. The molecular formula is C13H14BrNS. The van der Waals surface area contributed by atoms with Gasteiger partial charge in [-0.2, -0.15) is 0 Å². The first-order valence-corrected chi connectivity index (χ1v) is 6.90. The summed E-state index contributed by atoms with van der Waals surface area (Å²) in [6.07, 6.45) is 0. The van der Waals surface area contributed by atoms with E-state index in [0.717, 1.165) is 4.47 Å². The van der Waals surface area contributed by atoms with Gasteiger partial charge in [-0.05, 0) is 49.1 Å². The first-order chi connectivity index (χ1) is 7.66. The zero-order chi connectivity index (χ0) is 11.5. The molecule has 0 spiro atoms. The van der Waals surface area contributed by atoms with E-state index < -0.39 is 0 Å². The molecule has 1 atom stereocenters. The van der Waals surface area contributed by atoms with Crippen LogP contribution in [0.5, 0.6) is 0 Å². The van der Waals surface area contributed by atoms with Gasteiger partial charge in [0, 0.05) is 15.0 Å². The fourth-order valence-electron chi connectivity index (χ4n) is 1.59. The Balaban J connectivity index is 2.12. The zero-order valence-corrected chi connectivity index (χ0v) is 11.7. The molecule has 1 heterocycles. The van der Waals surface area contributed by atoms with E-state index in [4.69, 9.17) is 0 Å². The third-order valence-corrected chi connectivity index (χ3v) is 4.46. The predicted molar refractivity (Wildman–Crippen MR) is 75.2 cm³/mol. The van der Waals surface area contributed by atoms with Crippen LogP contribution in [0.15, 0.2) is 40.2 Å². The Kier molecular flexibility index (Phi) is 3.66. The van der Waals surface area contributed by atoms with Crippen molar-refractivity contribution in [3.05, 3.63) is 50.6 Å². The second kappa shape index (κ2) is 5.02. The fraction of sp³-hybridized carbons (Fsp3) is 0.231. The van der Waals surface area contributed by atoms with Crippen LogP contribution in [0.2, 0.25) is 0 Å². The van der Waals surface area contributed by atoms with E-state index in [-0.39, 0.29) is 0 Å². The Morgan fingerprint density at radius 2 is 2.12 bits per heavy atom. The number of thiophene rings is 1. The van der Waals surface area contributed by atoms with E-state index in [1.165, 1.54) is 16.1 Å². The molecule has 1 aromatic heterocycles. The van der Waals surface area contributed by atoms with E-state index in [2.05, 4.69) is 70.8 Å². The lowest BCUT2D eigenvalue weighted by Crippen LogP contribution is -2.04. The minimum atomic E-state index is 0.362. The van der Waals surface area contributed by atoms with Crippen molar-refractivity contribution in [3.8, 4) is 0 Å². The van der Waals surface area contributed by atoms with Crippen LogP contribution in [0, 0.1) is 6.92 Å². The lowest BCUT2D eigenvalue weighted by atomic mass is 10.2. The molecule has 0 bridgehead atoms. The van der Waals surface area contributed by atoms with Crippen molar-refractivity contribution in [2.24, 2.45) is 0 Å². The lowest BCUT2D eigenvalue weighted by molar-refractivity contribution is 0.907. The van der Waals surface area contributed by atoms with Gasteiger partial charge >= 0.3 is 0 Å². The van der Waals surface area contributed by atoms with Crippen LogP contribution in [0.25, 0.3) is 0 Å². The highest BCUT2D eigenvalue weighted by Gasteiger charge is 2.06. The molecule has 1 aromatic carbocycles. The second-order valence-corrected chi connectivity index (χ2v) is 5.68. The van der Waals surface area contributed by atoms with Crippen LogP contribution in [-0.2, 0) is 0 Å². The van der Waals surface area contributed by atoms with Gasteiger partial charge in [0.15, 0.2) is 0 Å². The monoisotopic (exact) mass is 295 g/mol. The highest BCUT2D eigenvalue weighted by molar-refractivity contribution is 9.10. The van der Waals surface area contributed by atoms with Crippen LogP contribution in [0.4, 0.5) is 5.69 Å². The molecule has 16 heavy (non-hydrogen) atoms. The molecule has 3 heteroatoms. The van der Waals surface area contributed by atoms with Gasteiger partial charge in [-0.1, -0.05) is 22.0 Å². The van der Waals surface area contributed by atoms with Crippen LogP contribution in [-0.4, -0.2) is 0 Å².